The highest BCUT2D eigenvalue weighted by Gasteiger charge is 2.13. The van der Waals surface area contributed by atoms with E-state index in [0.717, 1.165) is 10.9 Å². The molecule has 0 atom stereocenters. The SMILES string of the molecule is NCCc1nnc(-c2ccc(F)c3ccccc23)o1. The minimum Gasteiger partial charge on any atom is -0.421 e. The smallest absolute Gasteiger partial charge is 0.248 e. The molecule has 2 N–H and O–H groups in total. The van der Waals surface area contributed by atoms with Crippen LogP contribution in [0.5, 0.6) is 0 Å². The fourth-order valence-electron chi connectivity index (χ4n) is 2.04. The first kappa shape index (κ1) is 11.8. The molecule has 0 amide bonds. The number of nitrogens with zero attached hydrogens (tertiary/aromatic N) is 2. The molecule has 1 heterocycles. The summed E-state index contributed by atoms with van der Waals surface area (Å²) in [7, 11) is 0. The van der Waals surface area contributed by atoms with E-state index in [-0.39, 0.29) is 5.82 Å². The number of hydrogen-bond acceptors (Lipinski definition) is 4. The number of halogens is 1. The van der Waals surface area contributed by atoms with Crippen molar-refractivity contribution in [1.29, 1.82) is 0 Å². The predicted molar refractivity (Wildman–Crippen MR) is 70.0 cm³/mol. The Hall–Kier alpha value is -2.27. The van der Waals surface area contributed by atoms with Gasteiger partial charge >= 0.3 is 0 Å². The molecule has 3 rings (SSSR count). The molecular formula is C14H12FN3O. The van der Waals surface area contributed by atoms with Gasteiger partial charge in [-0.2, -0.15) is 0 Å². The Kier molecular flexibility index (Phi) is 2.97. The average molecular weight is 257 g/mol. The first-order valence-corrected chi connectivity index (χ1v) is 5.99. The van der Waals surface area contributed by atoms with Crippen molar-refractivity contribution in [1.82, 2.24) is 10.2 Å². The second-order valence-electron chi connectivity index (χ2n) is 4.18. The lowest BCUT2D eigenvalue weighted by Gasteiger charge is -2.03. The Labute approximate surface area is 109 Å². The number of nitrogens with two attached hydrogens (primary N) is 1. The molecule has 0 radical (unpaired) electrons. The minimum absolute atomic E-state index is 0.263. The number of benzene rings is 2. The lowest BCUT2D eigenvalue weighted by molar-refractivity contribution is 0.507. The van der Waals surface area contributed by atoms with Gasteiger partial charge in [0.05, 0.1) is 0 Å². The number of rotatable bonds is 3. The van der Waals surface area contributed by atoms with Gasteiger partial charge in [0.25, 0.3) is 0 Å². The number of aromatic nitrogens is 2. The molecule has 3 aromatic rings. The molecule has 0 aliphatic carbocycles. The minimum atomic E-state index is -0.263. The van der Waals surface area contributed by atoms with Crippen LogP contribution in [0.15, 0.2) is 40.8 Å². The summed E-state index contributed by atoms with van der Waals surface area (Å²) in [5.41, 5.74) is 6.17. The Morgan fingerprint density at radius 1 is 1.05 bits per heavy atom. The molecular weight excluding hydrogens is 245 g/mol. The van der Waals surface area contributed by atoms with Crippen LogP contribution < -0.4 is 5.73 Å². The Balaban J connectivity index is 2.16. The monoisotopic (exact) mass is 257 g/mol. The first-order valence-electron chi connectivity index (χ1n) is 5.99. The van der Waals surface area contributed by atoms with Crippen molar-refractivity contribution in [2.24, 2.45) is 5.73 Å². The van der Waals surface area contributed by atoms with Gasteiger partial charge in [0.2, 0.25) is 11.8 Å². The average Bonchev–Trinajstić information content (AvgIpc) is 2.88. The third-order valence-corrected chi connectivity index (χ3v) is 2.93. The molecule has 0 saturated heterocycles. The molecule has 5 heteroatoms. The number of fused-ring (bicyclic) bond motifs is 1. The topological polar surface area (TPSA) is 64.9 Å². The summed E-state index contributed by atoms with van der Waals surface area (Å²) in [5, 5.41) is 9.21. The van der Waals surface area contributed by atoms with Gasteiger partial charge in [-0.05, 0) is 17.5 Å². The van der Waals surface area contributed by atoms with Gasteiger partial charge in [0.15, 0.2) is 0 Å². The van der Waals surface area contributed by atoms with Crippen molar-refractivity contribution in [3.8, 4) is 11.5 Å². The van der Waals surface area contributed by atoms with Crippen LogP contribution in [0.25, 0.3) is 22.2 Å². The van der Waals surface area contributed by atoms with E-state index >= 15 is 0 Å². The molecule has 0 spiro atoms. The molecule has 0 aliphatic heterocycles. The van der Waals surface area contributed by atoms with Gasteiger partial charge < -0.3 is 10.2 Å². The summed E-state index contributed by atoms with van der Waals surface area (Å²) < 4.78 is 19.3. The zero-order chi connectivity index (χ0) is 13.2. The second-order valence-corrected chi connectivity index (χ2v) is 4.18. The maximum atomic E-state index is 13.7. The Bertz CT molecular complexity index is 724. The first-order chi connectivity index (χ1) is 9.29. The fourth-order valence-corrected chi connectivity index (χ4v) is 2.04. The van der Waals surface area contributed by atoms with Crippen molar-refractivity contribution >= 4 is 10.8 Å². The van der Waals surface area contributed by atoms with Gasteiger partial charge in [0, 0.05) is 23.9 Å². The summed E-state index contributed by atoms with van der Waals surface area (Å²) in [5.74, 6) is 0.617. The van der Waals surface area contributed by atoms with Crippen molar-refractivity contribution < 1.29 is 8.81 Å². The van der Waals surface area contributed by atoms with E-state index in [4.69, 9.17) is 10.2 Å². The van der Waals surface area contributed by atoms with E-state index in [2.05, 4.69) is 10.2 Å². The summed E-state index contributed by atoms with van der Waals surface area (Å²) in [6.45, 7) is 0.450. The Morgan fingerprint density at radius 2 is 1.84 bits per heavy atom. The molecule has 0 saturated carbocycles. The zero-order valence-corrected chi connectivity index (χ0v) is 10.1. The van der Waals surface area contributed by atoms with Crippen LogP contribution in [0.3, 0.4) is 0 Å². The van der Waals surface area contributed by atoms with Crippen LogP contribution >= 0.6 is 0 Å². The normalized spacial score (nSPS) is 11.1. The molecule has 0 aliphatic rings. The van der Waals surface area contributed by atoms with Gasteiger partial charge in [-0.3, -0.25) is 0 Å². The van der Waals surface area contributed by atoms with E-state index in [1.807, 2.05) is 12.1 Å². The molecule has 19 heavy (non-hydrogen) atoms. The third-order valence-electron chi connectivity index (χ3n) is 2.93. The maximum Gasteiger partial charge on any atom is 0.248 e. The summed E-state index contributed by atoms with van der Waals surface area (Å²) in [4.78, 5) is 0. The predicted octanol–water partition coefficient (Wildman–Crippen LogP) is 2.53. The van der Waals surface area contributed by atoms with Gasteiger partial charge in [0.1, 0.15) is 5.82 Å². The second kappa shape index (κ2) is 4.78. The quantitative estimate of drug-likeness (QED) is 0.783. The largest absolute Gasteiger partial charge is 0.421 e. The molecule has 2 aromatic carbocycles. The van der Waals surface area contributed by atoms with Crippen molar-refractivity contribution in [3.05, 3.63) is 48.1 Å². The van der Waals surface area contributed by atoms with E-state index in [1.54, 1.807) is 18.2 Å². The van der Waals surface area contributed by atoms with Crippen LogP contribution in [0.1, 0.15) is 5.89 Å². The van der Waals surface area contributed by atoms with Crippen LogP contribution in [-0.2, 0) is 6.42 Å². The van der Waals surface area contributed by atoms with E-state index < -0.39 is 0 Å². The van der Waals surface area contributed by atoms with Gasteiger partial charge in [-0.25, -0.2) is 4.39 Å². The molecule has 1 aromatic heterocycles. The van der Waals surface area contributed by atoms with Gasteiger partial charge in [-0.1, -0.05) is 24.3 Å². The summed E-state index contributed by atoms with van der Waals surface area (Å²) >= 11 is 0. The molecule has 0 fully saturated rings. The number of hydrogen-bond donors (Lipinski definition) is 1. The molecule has 96 valence electrons. The van der Waals surface area contributed by atoms with Crippen LogP contribution in [0.4, 0.5) is 4.39 Å². The highest BCUT2D eigenvalue weighted by molar-refractivity contribution is 5.95. The third kappa shape index (κ3) is 2.08. The van der Waals surface area contributed by atoms with E-state index in [0.29, 0.717) is 30.1 Å². The lowest BCUT2D eigenvalue weighted by Crippen LogP contribution is -2.02. The summed E-state index contributed by atoms with van der Waals surface area (Å²) in [6, 6.07) is 10.3. The van der Waals surface area contributed by atoms with E-state index in [1.165, 1.54) is 6.07 Å². The van der Waals surface area contributed by atoms with Crippen LogP contribution in [0, 0.1) is 5.82 Å². The van der Waals surface area contributed by atoms with Crippen LogP contribution in [0.2, 0.25) is 0 Å². The Morgan fingerprint density at radius 3 is 2.63 bits per heavy atom. The standard InChI is InChI=1S/C14H12FN3O/c15-12-6-5-11(9-3-1-2-4-10(9)12)14-18-17-13(19-14)7-8-16/h1-6H,7-8,16H2. The van der Waals surface area contributed by atoms with E-state index in [9.17, 15) is 4.39 Å². The van der Waals surface area contributed by atoms with Crippen molar-refractivity contribution in [2.45, 2.75) is 6.42 Å². The molecule has 4 nitrogen and oxygen atoms in total. The summed E-state index contributed by atoms with van der Waals surface area (Å²) in [6.07, 6.45) is 0.534. The van der Waals surface area contributed by atoms with Gasteiger partial charge in [-0.15, -0.1) is 10.2 Å². The molecule has 0 unspecified atom stereocenters. The highest BCUT2D eigenvalue weighted by Crippen LogP contribution is 2.29. The maximum absolute atomic E-state index is 13.7. The highest BCUT2D eigenvalue weighted by atomic mass is 19.1. The zero-order valence-electron chi connectivity index (χ0n) is 10.1. The van der Waals surface area contributed by atoms with Crippen molar-refractivity contribution in [2.75, 3.05) is 6.54 Å². The van der Waals surface area contributed by atoms with Crippen molar-refractivity contribution in [3.63, 3.8) is 0 Å². The fraction of sp³-hybridized carbons (Fsp3) is 0.143. The van der Waals surface area contributed by atoms with Crippen LogP contribution in [-0.4, -0.2) is 16.7 Å². The molecule has 0 bridgehead atoms. The lowest BCUT2D eigenvalue weighted by atomic mass is 10.0.